The van der Waals surface area contributed by atoms with Crippen molar-refractivity contribution in [1.29, 1.82) is 0 Å². The van der Waals surface area contributed by atoms with Crippen LogP contribution in [0.15, 0.2) is 85.1 Å². The lowest BCUT2D eigenvalue weighted by Crippen LogP contribution is -2.22. The van der Waals surface area contributed by atoms with Crippen molar-refractivity contribution in [2.45, 2.75) is 105 Å². The van der Waals surface area contributed by atoms with Crippen LogP contribution < -0.4 is 0 Å². The van der Waals surface area contributed by atoms with Gasteiger partial charge in [-0.25, -0.2) is 9.97 Å². The van der Waals surface area contributed by atoms with Gasteiger partial charge in [-0.1, -0.05) is 138 Å². The lowest BCUT2D eigenvalue weighted by Gasteiger charge is -2.31. The maximum atomic E-state index is 11.8. The molecule has 0 saturated heterocycles. The van der Waals surface area contributed by atoms with Gasteiger partial charge in [0.05, 0.1) is 5.69 Å². The number of nitrogens with zero attached hydrogens (tertiary/aromatic N) is 2. The molecule has 1 heterocycles. The molecule has 48 heavy (non-hydrogen) atoms. The van der Waals surface area contributed by atoms with E-state index in [1.807, 2.05) is 48.5 Å². The average Bonchev–Trinajstić information content (AvgIpc) is 2.99. The fraction of sp³-hybridized carbons (Fsp3) is 0.364. The minimum absolute atomic E-state index is 0.104. The van der Waals surface area contributed by atoms with Crippen LogP contribution in [-0.4, -0.2) is 20.2 Å². The SMILES string of the molecule is CC(C)(C)c1cc(-c2ccccc2-c2ccnc(-c3ccccc3-c3cc(C(C)(C)C)c(C(C)(C)C)cc3O)n2)c(O)c(C(C)(C)C)c1. The molecule has 0 fully saturated rings. The van der Waals surface area contributed by atoms with Crippen LogP contribution >= 0.6 is 0 Å². The second kappa shape index (κ2) is 12.2. The number of aromatic hydroxyl groups is 2. The van der Waals surface area contributed by atoms with Crippen molar-refractivity contribution >= 4 is 0 Å². The van der Waals surface area contributed by atoms with Crippen molar-refractivity contribution in [2.75, 3.05) is 0 Å². The molecule has 4 heteroatoms. The molecular formula is C44H52N2O2. The lowest BCUT2D eigenvalue weighted by atomic mass is 9.74. The van der Waals surface area contributed by atoms with Gasteiger partial charge in [0.2, 0.25) is 0 Å². The summed E-state index contributed by atoms with van der Waals surface area (Å²) in [4.78, 5) is 9.89. The van der Waals surface area contributed by atoms with Crippen LogP contribution in [0.5, 0.6) is 11.5 Å². The summed E-state index contributed by atoms with van der Waals surface area (Å²) < 4.78 is 0. The molecule has 5 aromatic rings. The highest BCUT2D eigenvalue weighted by molar-refractivity contribution is 5.88. The molecule has 2 N–H and O–H groups in total. The van der Waals surface area contributed by atoms with E-state index in [0.29, 0.717) is 11.6 Å². The average molecular weight is 641 g/mol. The van der Waals surface area contributed by atoms with Gasteiger partial charge in [-0.2, -0.15) is 0 Å². The Morgan fingerprint density at radius 2 is 0.958 bits per heavy atom. The summed E-state index contributed by atoms with van der Waals surface area (Å²) in [6.07, 6.45) is 1.79. The minimum atomic E-state index is -0.246. The number of aromatic nitrogens is 2. The van der Waals surface area contributed by atoms with Crippen LogP contribution in [-0.2, 0) is 21.7 Å². The third-order valence-corrected chi connectivity index (χ3v) is 9.14. The van der Waals surface area contributed by atoms with E-state index in [-0.39, 0.29) is 27.4 Å². The van der Waals surface area contributed by atoms with E-state index in [2.05, 4.69) is 113 Å². The smallest absolute Gasteiger partial charge is 0.160 e. The maximum Gasteiger partial charge on any atom is 0.160 e. The number of rotatable bonds is 4. The highest BCUT2D eigenvalue weighted by Crippen LogP contribution is 2.46. The zero-order valence-electron chi connectivity index (χ0n) is 30.9. The summed E-state index contributed by atoms with van der Waals surface area (Å²) in [5, 5.41) is 23.2. The first-order valence-electron chi connectivity index (χ1n) is 17.0. The molecule has 0 saturated carbocycles. The monoisotopic (exact) mass is 640 g/mol. The highest BCUT2D eigenvalue weighted by atomic mass is 16.3. The zero-order chi connectivity index (χ0) is 35.4. The Kier molecular flexibility index (Phi) is 8.88. The Morgan fingerprint density at radius 1 is 0.458 bits per heavy atom. The van der Waals surface area contributed by atoms with Crippen LogP contribution in [0, 0.1) is 0 Å². The Balaban J connectivity index is 1.70. The minimum Gasteiger partial charge on any atom is -0.507 e. The number of benzene rings is 4. The molecule has 0 radical (unpaired) electrons. The van der Waals surface area contributed by atoms with Crippen LogP contribution in [0.2, 0.25) is 0 Å². The number of phenols is 2. The predicted octanol–water partition coefficient (Wildman–Crippen LogP) is 11.7. The van der Waals surface area contributed by atoms with Crippen molar-refractivity contribution < 1.29 is 10.2 Å². The fourth-order valence-electron chi connectivity index (χ4n) is 6.38. The molecule has 0 aliphatic rings. The highest BCUT2D eigenvalue weighted by Gasteiger charge is 2.29. The van der Waals surface area contributed by atoms with Gasteiger partial charge in [-0.3, -0.25) is 0 Å². The number of hydrogen-bond donors (Lipinski definition) is 2. The first-order chi connectivity index (χ1) is 22.2. The van der Waals surface area contributed by atoms with E-state index in [1.54, 1.807) is 6.20 Å². The van der Waals surface area contributed by atoms with Gasteiger partial charge in [-0.15, -0.1) is 0 Å². The van der Waals surface area contributed by atoms with Gasteiger partial charge in [0.1, 0.15) is 11.5 Å². The van der Waals surface area contributed by atoms with Crippen LogP contribution in [0.3, 0.4) is 0 Å². The quantitative estimate of drug-likeness (QED) is 0.205. The number of hydrogen-bond acceptors (Lipinski definition) is 4. The van der Waals surface area contributed by atoms with E-state index >= 15 is 0 Å². The summed E-state index contributed by atoms with van der Waals surface area (Å²) in [5.74, 6) is 1.11. The molecule has 4 nitrogen and oxygen atoms in total. The van der Waals surface area contributed by atoms with Gasteiger partial charge in [0.25, 0.3) is 0 Å². The lowest BCUT2D eigenvalue weighted by molar-refractivity contribution is 0.446. The Labute approximate surface area is 288 Å². The molecule has 4 aromatic carbocycles. The normalized spacial score (nSPS) is 12.8. The second-order valence-corrected chi connectivity index (χ2v) is 17.2. The van der Waals surface area contributed by atoms with E-state index in [4.69, 9.17) is 9.97 Å². The van der Waals surface area contributed by atoms with Crippen LogP contribution in [0.25, 0.3) is 44.9 Å². The largest absolute Gasteiger partial charge is 0.507 e. The molecule has 0 spiro atoms. The van der Waals surface area contributed by atoms with Gasteiger partial charge in [0.15, 0.2) is 5.82 Å². The third-order valence-electron chi connectivity index (χ3n) is 9.14. The molecule has 5 rings (SSSR count). The van der Waals surface area contributed by atoms with Gasteiger partial charge < -0.3 is 10.2 Å². The fourth-order valence-corrected chi connectivity index (χ4v) is 6.38. The first-order valence-corrected chi connectivity index (χ1v) is 17.0. The molecule has 250 valence electrons. The van der Waals surface area contributed by atoms with Crippen molar-refractivity contribution in [3.8, 4) is 56.4 Å². The molecular weight excluding hydrogens is 588 g/mol. The summed E-state index contributed by atoms with van der Waals surface area (Å²) in [6.45, 7) is 26.2. The van der Waals surface area contributed by atoms with Crippen LogP contribution in [0.4, 0.5) is 0 Å². The summed E-state index contributed by atoms with van der Waals surface area (Å²) in [6, 6.07) is 26.4. The first kappa shape index (κ1) is 34.9. The molecule has 0 aliphatic carbocycles. The summed E-state index contributed by atoms with van der Waals surface area (Å²) in [5.41, 5.74) is 9.66. The molecule has 0 aliphatic heterocycles. The predicted molar refractivity (Wildman–Crippen MR) is 202 cm³/mol. The third kappa shape index (κ3) is 6.90. The topological polar surface area (TPSA) is 66.2 Å². The van der Waals surface area contributed by atoms with Crippen molar-refractivity contribution in [2.24, 2.45) is 0 Å². The molecule has 0 bridgehead atoms. The Morgan fingerprint density at radius 3 is 1.50 bits per heavy atom. The van der Waals surface area contributed by atoms with E-state index in [0.717, 1.165) is 50.2 Å². The van der Waals surface area contributed by atoms with E-state index in [1.165, 1.54) is 11.1 Å². The zero-order valence-corrected chi connectivity index (χ0v) is 30.9. The standard InChI is InChI=1S/C44H52N2O2/c1-41(2,3)27-23-33(39(48)36(24-27)44(10,11)12)28-17-13-15-19-30(28)37-21-22-45-40(46-37)31-20-16-14-18-29(31)32-25-34(42(4,5)6)35(26-38(32)47)43(7,8)9/h13-26,47-48H,1-12H3. The van der Waals surface area contributed by atoms with Gasteiger partial charge >= 0.3 is 0 Å². The van der Waals surface area contributed by atoms with Gasteiger partial charge in [-0.05, 0) is 73.7 Å². The van der Waals surface area contributed by atoms with Crippen molar-refractivity contribution in [3.63, 3.8) is 0 Å². The van der Waals surface area contributed by atoms with E-state index in [9.17, 15) is 10.2 Å². The molecule has 1 aromatic heterocycles. The Bertz CT molecular complexity index is 1980. The Hall–Kier alpha value is -4.44. The summed E-state index contributed by atoms with van der Waals surface area (Å²) >= 11 is 0. The van der Waals surface area contributed by atoms with Crippen molar-refractivity contribution in [3.05, 3.63) is 107 Å². The van der Waals surface area contributed by atoms with Gasteiger partial charge in [0, 0.05) is 34.0 Å². The summed E-state index contributed by atoms with van der Waals surface area (Å²) in [7, 11) is 0. The molecule has 0 amide bonds. The van der Waals surface area contributed by atoms with Crippen molar-refractivity contribution in [1.82, 2.24) is 9.97 Å². The second-order valence-electron chi connectivity index (χ2n) is 17.2. The van der Waals surface area contributed by atoms with Crippen LogP contribution in [0.1, 0.15) is 105 Å². The molecule has 0 unspecified atom stereocenters. The van der Waals surface area contributed by atoms with E-state index < -0.39 is 0 Å². The maximum absolute atomic E-state index is 11.8. The number of phenolic OH excluding ortho intramolecular Hbond substituents is 2. The molecule has 0 atom stereocenters.